The Balaban J connectivity index is 4.21. The average molecular weight is 171 g/mol. The summed E-state index contributed by atoms with van der Waals surface area (Å²) in [7, 11) is 0. The summed E-state index contributed by atoms with van der Waals surface area (Å²) in [6, 6.07) is 0. The lowest BCUT2D eigenvalue weighted by Crippen LogP contribution is -2.19. The highest BCUT2D eigenvalue weighted by molar-refractivity contribution is 6.28. The van der Waals surface area contributed by atoms with Gasteiger partial charge in [-0.25, -0.2) is 0 Å². The van der Waals surface area contributed by atoms with Crippen LogP contribution in [0.5, 0.6) is 0 Å². The summed E-state index contributed by atoms with van der Waals surface area (Å²) in [6.45, 7) is 8.14. The highest BCUT2D eigenvalue weighted by atomic mass is 16.4. The van der Waals surface area contributed by atoms with Crippen LogP contribution in [0.2, 0.25) is 0 Å². The number of hydrogen-bond donors (Lipinski definition) is 1. The first kappa shape index (κ1) is 11.1. The predicted molar refractivity (Wildman–Crippen MR) is 48.5 cm³/mol. The maximum atomic E-state index is 10.4. The number of nitrogens with zero attached hydrogens (tertiary/aromatic N) is 1. The molecule has 3 heteroatoms. The minimum Gasteiger partial charge on any atom is -0.411 e. The third-order valence-corrected chi connectivity index (χ3v) is 1.66. The van der Waals surface area contributed by atoms with Crippen molar-refractivity contribution in [1.82, 2.24) is 0 Å². The van der Waals surface area contributed by atoms with Gasteiger partial charge in [-0.1, -0.05) is 32.9 Å². The number of rotatable bonds is 3. The Labute approximate surface area is 73.5 Å². The summed E-state index contributed by atoms with van der Waals surface area (Å²) in [4.78, 5) is 10.4. The molecule has 0 amide bonds. The lowest BCUT2D eigenvalue weighted by atomic mass is 9.84. The molecule has 1 atom stereocenters. The Kier molecular flexibility index (Phi) is 3.93. The molecule has 0 heterocycles. The Morgan fingerprint density at radius 1 is 1.58 bits per heavy atom. The van der Waals surface area contributed by atoms with Crippen LogP contribution in [0.3, 0.4) is 0 Å². The summed E-state index contributed by atoms with van der Waals surface area (Å²) in [5.41, 5.74) is 0.378. The van der Waals surface area contributed by atoms with E-state index >= 15 is 0 Å². The van der Waals surface area contributed by atoms with Crippen LogP contribution in [0.1, 0.15) is 34.1 Å². The smallest absolute Gasteiger partial charge is 0.167 e. The minimum absolute atomic E-state index is 0.0208. The summed E-state index contributed by atoms with van der Waals surface area (Å²) >= 11 is 0. The van der Waals surface area contributed by atoms with E-state index in [2.05, 4.69) is 25.9 Å². The molecular formula is C9H17NO2. The van der Waals surface area contributed by atoms with Crippen molar-refractivity contribution < 1.29 is 10.0 Å². The van der Waals surface area contributed by atoms with Crippen LogP contribution in [-0.2, 0) is 4.79 Å². The topological polar surface area (TPSA) is 49.7 Å². The second-order valence-corrected chi connectivity index (χ2v) is 4.31. The molecule has 0 spiro atoms. The molecule has 0 aromatic carbocycles. The maximum absolute atomic E-state index is 10.4. The Bertz CT molecular complexity index is 179. The van der Waals surface area contributed by atoms with Crippen molar-refractivity contribution in [2.24, 2.45) is 16.5 Å². The van der Waals surface area contributed by atoms with Crippen LogP contribution in [-0.4, -0.2) is 17.2 Å². The molecule has 0 bridgehead atoms. The standard InChI is InChI=1S/C9H17NO2/c1-7(5-9(2,3)4)8(6-11)10-12/h6-7,12H,5H2,1-4H3/b10-8-. The number of carbonyl (C=O) groups excluding carboxylic acids is 1. The van der Waals surface area contributed by atoms with Gasteiger partial charge in [0.15, 0.2) is 6.29 Å². The molecule has 0 saturated heterocycles. The van der Waals surface area contributed by atoms with Gasteiger partial charge in [-0.15, -0.1) is 0 Å². The molecule has 1 N–H and O–H groups in total. The Morgan fingerprint density at radius 3 is 2.33 bits per heavy atom. The molecule has 0 radical (unpaired) electrons. The summed E-state index contributed by atoms with van der Waals surface area (Å²) < 4.78 is 0. The predicted octanol–water partition coefficient (Wildman–Crippen LogP) is 2.09. The molecule has 1 unspecified atom stereocenters. The van der Waals surface area contributed by atoms with Crippen molar-refractivity contribution in [1.29, 1.82) is 0 Å². The fraction of sp³-hybridized carbons (Fsp3) is 0.778. The van der Waals surface area contributed by atoms with E-state index in [0.29, 0.717) is 6.29 Å². The third-order valence-electron chi connectivity index (χ3n) is 1.66. The number of aldehydes is 1. The van der Waals surface area contributed by atoms with Gasteiger partial charge < -0.3 is 5.21 Å². The number of oxime groups is 1. The number of carbonyl (C=O) groups is 1. The van der Waals surface area contributed by atoms with E-state index in [-0.39, 0.29) is 17.0 Å². The summed E-state index contributed by atoms with van der Waals surface area (Å²) in [6.07, 6.45) is 1.45. The van der Waals surface area contributed by atoms with Gasteiger partial charge >= 0.3 is 0 Å². The van der Waals surface area contributed by atoms with Crippen molar-refractivity contribution in [3.8, 4) is 0 Å². The van der Waals surface area contributed by atoms with Crippen LogP contribution < -0.4 is 0 Å². The van der Waals surface area contributed by atoms with E-state index < -0.39 is 0 Å². The second kappa shape index (κ2) is 4.24. The molecule has 0 rings (SSSR count). The van der Waals surface area contributed by atoms with E-state index in [1.807, 2.05) is 6.92 Å². The van der Waals surface area contributed by atoms with Gasteiger partial charge in [0.25, 0.3) is 0 Å². The van der Waals surface area contributed by atoms with Gasteiger partial charge in [-0.05, 0) is 11.8 Å². The van der Waals surface area contributed by atoms with E-state index in [1.54, 1.807) is 0 Å². The minimum atomic E-state index is 0.0208. The van der Waals surface area contributed by atoms with E-state index in [1.165, 1.54) is 0 Å². The molecule has 0 aromatic rings. The number of hydrogen-bond acceptors (Lipinski definition) is 3. The zero-order valence-corrected chi connectivity index (χ0v) is 8.16. The molecule has 0 aliphatic rings. The largest absolute Gasteiger partial charge is 0.411 e. The first-order valence-electron chi connectivity index (χ1n) is 4.08. The van der Waals surface area contributed by atoms with Crippen molar-refractivity contribution >= 4 is 12.0 Å². The van der Waals surface area contributed by atoms with Crippen molar-refractivity contribution in [3.63, 3.8) is 0 Å². The fourth-order valence-electron chi connectivity index (χ4n) is 1.26. The molecule has 0 aromatic heterocycles. The SMILES string of the molecule is CC(CC(C)(C)C)/C(C=O)=N\O. The van der Waals surface area contributed by atoms with Gasteiger partial charge in [-0.3, -0.25) is 4.79 Å². The van der Waals surface area contributed by atoms with Crippen LogP contribution in [0.4, 0.5) is 0 Å². The molecular weight excluding hydrogens is 154 g/mol. The Morgan fingerprint density at radius 2 is 2.08 bits per heavy atom. The molecule has 12 heavy (non-hydrogen) atoms. The average Bonchev–Trinajstić information content (AvgIpc) is 1.85. The van der Waals surface area contributed by atoms with Crippen LogP contribution in [0.25, 0.3) is 0 Å². The van der Waals surface area contributed by atoms with Crippen molar-refractivity contribution in [2.45, 2.75) is 34.1 Å². The van der Waals surface area contributed by atoms with E-state index in [0.717, 1.165) is 6.42 Å². The monoisotopic (exact) mass is 171 g/mol. The summed E-state index contributed by atoms with van der Waals surface area (Å²) in [5, 5.41) is 11.4. The van der Waals surface area contributed by atoms with E-state index in [4.69, 9.17) is 5.21 Å². The zero-order valence-electron chi connectivity index (χ0n) is 8.16. The van der Waals surface area contributed by atoms with Crippen LogP contribution in [0, 0.1) is 11.3 Å². The van der Waals surface area contributed by atoms with Gasteiger partial charge in [0.05, 0.1) is 0 Å². The molecule has 70 valence electrons. The third kappa shape index (κ3) is 4.11. The van der Waals surface area contributed by atoms with Crippen LogP contribution >= 0.6 is 0 Å². The quantitative estimate of drug-likeness (QED) is 0.306. The summed E-state index contributed by atoms with van der Waals surface area (Å²) in [5.74, 6) is 0.0208. The van der Waals surface area contributed by atoms with Gasteiger partial charge in [0.1, 0.15) is 5.71 Å². The molecule has 0 aliphatic heterocycles. The first-order chi connectivity index (χ1) is 5.40. The Hall–Kier alpha value is -0.860. The highest BCUT2D eigenvalue weighted by Crippen LogP contribution is 2.24. The van der Waals surface area contributed by atoms with Gasteiger partial charge in [0.2, 0.25) is 0 Å². The molecule has 0 saturated carbocycles. The highest BCUT2D eigenvalue weighted by Gasteiger charge is 2.19. The first-order valence-corrected chi connectivity index (χ1v) is 4.08. The van der Waals surface area contributed by atoms with Gasteiger partial charge in [0, 0.05) is 5.92 Å². The zero-order chi connectivity index (χ0) is 9.78. The lowest BCUT2D eigenvalue weighted by molar-refractivity contribution is -0.103. The molecule has 0 aliphatic carbocycles. The normalized spacial score (nSPS) is 15.8. The maximum Gasteiger partial charge on any atom is 0.167 e. The van der Waals surface area contributed by atoms with E-state index in [9.17, 15) is 4.79 Å². The van der Waals surface area contributed by atoms with Crippen molar-refractivity contribution in [3.05, 3.63) is 0 Å². The molecule has 0 fully saturated rings. The lowest BCUT2D eigenvalue weighted by Gasteiger charge is -2.21. The fourth-order valence-corrected chi connectivity index (χ4v) is 1.26. The second-order valence-electron chi connectivity index (χ2n) is 4.31. The van der Waals surface area contributed by atoms with Crippen molar-refractivity contribution in [2.75, 3.05) is 0 Å². The van der Waals surface area contributed by atoms with Crippen LogP contribution in [0.15, 0.2) is 5.16 Å². The molecule has 3 nitrogen and oxygen atoms in total. The van der Waals surface area contributed by atoms with Gasteiger partial charge in [-0.2, -0.15) is 0 Å².